The number of nitrogens with zero attached hydrogens (tertiary/aromatic N) is 1. The van der Waals surface area contributed by atoms with Crippen LogP contribution in [0.15, 0.2) is 0 Å². The minimum absolute atomic E-state index is 0.0142. The largest absolute Gasteiger partial charge is 0.406 e. The van der Waals surface area contributed by atoms with Crippen molar-refractivity contribution in [1.29, 1.82) is 0 Å². The maximum atomic E-state index is 12.3. The summed E-state index contributed by atoms with van der Waals surface area (Å²) in [6.45, 7) is 6.13. The van der Waals surface area contributed by atoms with Crippen molar-refractivity contribution < 1.29 is 18.0 Å². The third-order valence-electron chi connectivity index (χ3n) is 1.97. The van der Waals surface area contributed by atoms with Gasteiger partial charge in [-0.25, -0.2) is 0 Å². The van der Waals surface area contributed by atoms with E-state index < -0.39 is 18.6 Å². The van der Waals surface area contributed by atoms with Gasteiger partial charge in [-0.15, -0.1) is 0 Å². The van der Waals surface area contributed by atoms with Crippen LogP contribution >= 0.6 is 0 Å². The normalized spacial score (nSPS) is 12.3. The molecule has 0 unspecified atom stereocenters. The second kappa shape index (κ2) is 6.83. The Balaban J connectivity index is 4.40. The number of hydrogen-bond acceptors (Lipinski definition) is 2. The van der Waals surface area contributed by atoms with Crippen LogP contribution in [0, 0.1) is 5.92 Å². The average Bonchev–Trinajstić information content (AvgIpc) is 2.09. The molecule has 0 saturated heterocycles. The number of rotatable bonds is 6. The summed E-state index contributed by atoms with van der Waals surface area (Å²) in [5.41, 5.74) is 0. The first-order valence-corrected chi connectivity index (χ1v) is 5.69. The first-order chi connectivity index (χ1) is 7.61. The summed E-state index contributed by atoms with van der Waals surface area (Å²) in [4.78, 5) is 12.5. The molecular weight excluding hydrogens is 233 g/mol. The lowest BCUT2D eigenvalue weighted by Gasteiger charge is -2.26. The molecule has 0 spiro atoms. The van der Waals surface area contributed by atoms with E-state index in [-0.39, 0.29) is 25.0 Å². The highest BCUT2D eigenvalue weighted by molar-refractivity contribution is 5.78. The van der Waals surface area contributed by atoms with Gasteiger partial charge in [0.15, 0.2) is 0 Å². The lowest BCUT2D eigenvalue weighted by molar-refractivity contribution is -0.161. The maximum absolute atomic E-state index is 12.3. The molecule has 0 aromatic heterocycles. The van der Waals surface area contributed by atoms with E-state index in [2.05, 4.69) is 5.32 Å². The molecule has 1 N–H and O–H groups in total. The van der Waals surface area contributed by atoms with E-state index in [1.54, 1.807) is 13.8 Å². The smallest absolute Gasteiger partial charge is 0.332 e. The van der Waals surface area contributed by atoms with E-state index in [1.165, 1.54) is 0 Å². The molecule has 0 aliphatic heterocycles. The molecule has 0 bridgehead atoms. The van der Waals surface area contributed by atoms with Crippen LogP contribution in [-0.4, -0.2) is 42.7 Å². The van der Waals surface area contributed by atoms with Gasteiger partial charge in [0, 0.05) is 12.6 Å². The first-order valence-electron chi connectivity index (χ1n) is 5.69. The molecule has 3 nitrogen and oxygen atoms in total. The van der Waals surface area contributed by atoms with E-state index in [1.807, 2.05) is 13.8 Å². The molecule has 102 valence electrons. The Kier molecular flexibility index (Phi) is 6.52. The molecule has 0 aromatic rings. The predicted molar refractivity (Wildman–Crippen MR) is 60.6 cm³/mol. The molecule has 6 heteroatoms. The molecular formula is C11H21F3N2O. The molecule has 0 aromatic carbocycles. The van der Waals surface area contributed by atoms with Gasteiger partial charge in [0.25, 0.3) is 0 Å². The van der Waals surface area contributed by atoms with Crippen LogP contribution in [0.25, 0.3) is 0 Å². The van der Waals surface area contributed by atoms with Gasteiger partial charge in [-0.05, 0) is 5.92 Å². The zero-order valence-electron chi connectivity index (χ0n) is 10.8. The Morgan fingerprint density at radius 2 is 1.76 bits per heavy atom. The Bertz CT molecular complexity index is 239. The summed E-state index contributed by atoms with van der Waals surface area (Å²) in [5.74, 6) is -0.495. The third-order valence-corrected chi connectivity index (χ3v) is 1.97. The van der Waals surface area contributed by atoms with Crippen molar-refractivity contribution >= 4 is 5.91 Å². The van der Waals surface area contributed by atoms with E-state index in [0.717, 1.165) is 4.90 Å². The van der Waals surface area contributed by atoms with Crippen molar-refractivity contribution in [3.8, 4) is 0 Å². The highest BCUT2D eigenvalue weighted by atomic mass is 19.4. The van der Waals surface area contributed by atoms with Crippen molar-refractivity contribution in [2.75, 3.05) is 19.6 Å². The Morgan fingerprint density at radius 1 is 1.24 bits per heavy atom. The van der Waals surface area contributed by atoms with Crippen molar-refractivity contribution in [1.82, 2.24) is 10.2 Å². The highest BCUT2D eigenvalue weighted by Crippen LogP contribution is 2.17. The molecule has 0 saturated carbocycles. The van der Waals surface area contributed by atoms with Gasteiger partial charge >= 0.3 is 6.18 Å². The summed E-state index contributed by atoms with van der Waals surface area (Å²) in [7, 11) is 0. The van der Waals surface area contributed by atoms with Crippen molar-refractivity contribution in [3.63, 3.8) is 0 Å². The van der Waals surface area contributed by atoms with E-state index >= 15 is 0 Å². The molecule has 0 aliphatic rings. The molecule has 0 aliphatic carbocycles. The van der Waals surface area contributed by atoms with Gasteiger partial charge in [-0.1, -0.05) is 27.7 Å². The Morgan fingerprint density at radius 3 is 2.12 bits per heavy atom. The van der Waals surface area contributed by atoms with Crippen molar-refractivity contribution in [3.05, 3.63) is 0 Å². The number of amides is 1. The standard InChI is InChI=1S/C11H21F3N2O/c1-8(2)6-16(7-11(12,13)14)10(17)5-15-9(3)4/h8-9,15H,5-7H2,1-4H3. The Hall–Kier alpha value is -0.780. The summed E-state index contributed by atoms with van der Waals surface area (Å²) < 4.78 is 36.9. The molecule has 0 rings (SSSR count). The topological polar surface area (TPSA) is 32.3 Å². The number of nitrogens with one attached hydrogen (secondary N) is 1. The van der Waals surface area contributed by atoms with Crippen LogP contribution in [0.4, 0.5) is 13.2 Å². The fourth-order valence-corrected chi connectivity index (χ4v) is 1.31. The number of hydrogen-bond donors (Lipinski definition) is 1. The van der Waals surface area contributed by atoms with Gasteiger partial charge in [-0.2, -0.15) is 13.2 Å². The van der Waals surface area contributed by atoms with Crippen molar-refractivity contribution in [2.24, 2.45) is 5.92 Å². The van der Waals surface area contributed by atoms with Crippen LogP contribution in [0.2, 0.25) is 0 Å². The van der Waals surface area contributed by atoms with Crippen LogP contribution in [0.1, 0.15) is 27.7 Å². The minimum Gasteiger partial charge on any atom is -0.332 e. The molecule has 0 heterocycles. The second-order valence-electron chi connectivity index (χ2n) is 4.82. The number of halogens is 3. The summed E-state index contributed by atoms with van der Waals surface area (Å²) in [6, 6.07) is 0.0748. The van der Waals surface area contributed by atoms with Gasteiger partial charge < -0.3 is 10.2 Å². The average molecular weight is 254 g/mol. The fourth-order valence-electron chi connectivity index (χ4n) is 1.31. The Labute approximate surface area is 100 Å². The molecule has 0 fully saturated rings. The number of alkyl halides is 3. The van der Waals surface area contributed by atoms with Crippen LogP contribution in [0.5, 0.6) is 0 Å². The first kappa shape index (κ1) is 16.2. The lowest BCUT2D eigenvalue weighted by atomic mass is 10.2. The van der Waals surface area contributed by atoms with Crippen LogP contribution < -0.4 is 5.32 Å². The number of carbonyl (C=O) groups excluding carboxylic acids is 1. The second-order valence-corrected chi connectivity index (χ2v) is 4.82. The third kappa shape index (κ3) is 8.97. The van der Waals surface area contributed by atoms with E-state index in [0.29, 0.717) is 0 Å². The molecule has 0 radical (unpaired) electrons. The monoisotopic (exact) mass is 254 g/mol. The van der Waals surface area contributed by atoms with Crippen molar-refractivity contribution in [2.45, 2.75) is 39.9 Å². The lowest BCUT2D eigenvalue weighted by Crippen LogP contribution is -2.45. The van der Waals surface area contributed by atoms with Gasteiger partial charge in [-0.3, -0.25) is 4.79 Å². The van der Waals surface area contributed by atoms with Gasteiger partial charge in [0.05, 0.1) is 6.54 Å². The molecule has 0 atom stereocenters. The number of carbonyl (C=O) groups is 1. The molecule has 1 amide bonds. The fraction of sp³-hybridized carbons (Fsp3) is 0.909. The SMILES string of the molecule is CC(C)CN(CC(F)(F)F)C(=O)CNC(C)C. The molecule has 17 heavy (non-hydrogen) atoms. The predicted octanol–water partition coefficient (Wildman–Crippen LogP) is 2.03. The summed E-state index contributed by atoms with van der Waals surface area (Å²) in [5, 5.41) is 2.83. The van der Waals surface area contributed by atoms with E-state index in [9.17, 15) is 18.0 Å². The van der Waals surface area contributed by atoms with Crippen LogP contribution in [-0.2, 0) is 4.79 Å². The summed E-state index contributed by atoms with van der Waals surface area (Å²) in [6.07, 6.45) is -4.34. The van der Waals surface area contributed by atoms with Gasteiger partial charge in [0.1, 0.15) is 6.54 Å². The quantitative estimate of drug-likeness (QED) is 0.786. The maximum Gasteiger partial charge on any atom is 0.406 e. The summed E-state index contributed by atoms with van der Waals surface area (Å²) >= 11 is 0. The minimum atomic E-state index is -4.34. The highest BCUT2D eigenvalue weighted by Gasteiger charge is 2.32. The zero-order chi connectivity index (χ0) is 13.6. The van der Waals surface area contributed by atoms with E-state index in [4.69, 9.17) is 0 Å². The zero-order valence-corrected chi connectivity index (χ0v) is 10.8. The van der Waals surface area contributed by atoms with Crippen LogP contribution in [0.3, 0.4) is 0 Å². The van der Waals surface area contributed by atoms with Gasteiger partial charge in [0.2, 0.25) is 5.91 Å².